The molecule has 1 radical (unpaired) electrons. The normalized spacial score (nSPS) is 9.69. The van der Waals surface area contributed by atoms with E-state index in [0.717, 1.165) is 6.42 Å². The third-order valence-electron chi connectivity index (χ3n) is 2.35. The third kappa shape index (κ3) is 15.8. The van der Waals surface area contributed by atoms with Gasteiger partial charge in [-0.1, -0.05) is 64.7 Å². The maximum absolute atomic E-state index is 3.84. The Morgan fingerprint density at radius 3 is 1.46 bits per heavy atom. The molecule has 0 amide bonds. The summed E-state index contributed by atoms with van der Waals surface area (Å²) in [7, 11) is 0. The summed E-state index contributed by atoms with van der Waals surface area (Å²) in [4.78, 5) is 0. The second-order valence-electron chi connectivity index (χ2n) is 3.68. The molecular formula is C12H25Y-. The average Bonchev–Trinajstić information content (AvgIpc) is 2.10. The first-order valence-electron chi connectivity index (χ1n) is 5.71. The molecule has 0 fully saturated rings. The van der Waals surface area contributed by atoms with E-state index in [4.69, 9.17) is 0 Å². The molecule has 0 aliphatic carbocycles. The molecule has 0 aliphatic heterocycles. The van der Waals surface area contributed by atoms with Crippen molar-refractivity contribution in [3.05, 3.63) is 6.92 Å². The second-order valence-corrected chi connectivity index (χ2v) is 3.68. The van der Waals surface area contributed by atoms with Gasteiger partial charge in [-0.2, -0.15) is 6.42 Å². The van der Waals surface area contributed by atoms with E-state index in [1.807, 2.05) is 0 Å². The number of unbranched alkanes of at least 4 members (excludes halogenated alkanes) is 9. The summed E-state index contributed by atoms with van der Waals surface area (Å²) in [6.45, 7) is 6.12. The summed E-state index contributed by atoms with van der Waals surface area (Å²) in [5, 5.41) is 0. The van der Waals surface area contributed by atoms with E-state index in [2.05, 4.69) is 13.8 Å². The molecule has 0 rings (SSSR count). The summed E-state index contributed by atoms with van der Waals surface area (Å²) in [5.41, 5.74) is 0. The van der Waals surface area contributed by atoms with Crippen molar-refractivity contribution in [1.29, 1.82) is 0 Å². The predicted molar refractivity (Wildman–Crippen MR) is 57.2 cm³/mol. The van der Waals surface area contributed by atoms with Crippen molar-refractivity contribution in [2.45, 2.75) is 71.1 Å². The molecule has 77 valence electrons. The molecular weight excluding hydrogens is 233 g/mol. The standard InChI is InChI=1S/C12H25.Y/c1-3-5-7-9-11-12-10-8-6-4-2;/h1,3-12H2,2H3;/q-1;. The first-order chi connectivity index (χ1) is 5.91. The van der Waals surface area contributed by atoms with Gasteiger partial charge in [-0.05, 0) is 0 Å². The molecule has 0 unspecified atom stereocenters. The fraction of sp³-hybridized carbons (Fsp3) is 0.917. The van der Waals surface area contributed by atoms with Crippen molar-refractivity contribution in [2.75, 3.05) is 0 Å². The van der Waals surface area contributed by atoms with E-state index in [0.29, 0.717) is 0 Å². The van der Waals surface area contributed by atoms with Crippen LogP contribution in [-0.4, -0.2) is 0 Å². The Morgan fingerprint density at radius 1 is 0.692 bits per heavy atom. The predicted octanol–water partition coefficient (Wildman–Crippen LogP) is 4.74. The molecule has 0 heterocycles. The first-order valence-corrected chi connectivity index (χ1v) is 5.71. The SMILES string of the molecule is [CH2-]CCCCCCCCCCC.[Y]. The maximum atomic E-state index is 3.84. The van der Waals surface area contributed by atoms with Gasteiger partial charge in [0.1, 0.15) is 0 Å². The molecule has 1 heteroatoms. The summed E-state index contributed by atoms with van der Waals surface area (Å²) in [5.74, 6) is 0. The fourth-order valence-corrected chi connectivity index (χ4v) is 1.49. The molecule has 0 N–H and O–H groups in total. The Bertz CT molecular complexity index is 61.5. The molecule has 0 saturated heterocycles. The van der Waals surface area contributed by atoms with Gasteiger partial charge in [0, 0.05) is 32.7 Å². The zero-order chi connectivity index (χ0) is 9.07. The Kier molecular flexibility index (Phi) is 19.8. The van der Waals surface area contributed by atoms with Crippen LogP contribution in [0.5, 0.6) is 0 Å². The minimum atomic E-state index is 0. The molecule has 0 saturated carbocycles. The molecule has 0 aliphatic rings. The minimum absolute atomic E-state index is 0. The minimum Gasteiger partial charge on any atom is -0.343 e. The Labute approximate surface area is 110 Å². The van der Waals surface area contributed by atoms with Gasteiger partial charge in [-0.15, -0.1) is 0 Å². The molecule has 0 bridgehead atoms. The molecule has 0 nitrogen and oxygen atoms in total. The second kappa shape index (κ2) is 15.6. The van der Waals surface area contributed by atoms with Crippen LogP contribution >= 0.6 is 0 Å². The van der Waals surface area contributed by atoms with Crippen molar-refractivity contribution in [3.63, 3.8) is 0 Å². The third-order valence-corrected chi connectivity index (χ3v) is 2.35. The van der Waals surface area contributed by atoms with Gasteiger partial charge >= 0.3 is 0 Å². The van der Waals surface area contributed by atoms with Crippen LogP contribution in [0.2, 0.25) is 0 Å². The van der Waals surface area contributed by atoms with Crippen molar-refractivity contribution in [1.82, 2.24) is 0 Å². The van der Waals surface area contributed by atoms with Crippen LogP contribution in [0, 0.1) is 6.92 Å². The molecule has 0 aromatic carbocycles. The Balaban J connectivity index is 0. The number of hydrogen-bond donors (Lipinski definition) is 0. The van der Waals surface area contributed by atoms with Crippen LogP contribution in [0.15, 0.2) is 0 Å². The van der Waals surface area contributed by atoms with Crippen LogP contribution in [-0.2, 0) is 32.7 Å². The van der Waals surface area contributed by atoms with Gasteiger partial charge in [0.05, 0.1) is 0 Å². The molecule has 0 aromatic rings. The largest absolute Gasteiger partial charge is 0.343 e. The first kappa shape index (κ1) is 16.5. The zero-order valence-corrected chi connectivity index (χ0v) is 12.2. The van der Waals surface area contributed by atoms with Crippen LogP contribution in [0.4, 0.5) is 0 Å². The van der Waals surface area contributed by atoms with E-state index >= 15 is 0 Å². The van der Waals surface area contributed by atoms with E-state index < -0.39 is 0 Å². The van der Waals surface area contributed by atoms with Crippen LogP contribution in [0.25, 0.3) is 0 Å². The molecule has 0 spiro atoms. The molecule has 0 atom stereocenters. The van der Waals surface area contributed by atoms with Gasteiger partial charge in [0.2, 0.25) is 0 Å². The van der Waals surface area contributed by atoms with Gasteiger partial charge < -0.3 is 6.92 Å². The summed E-state index contributed by atoms with van der Waals surface area (Å²) >= 11 is 0. The average molecular weight is 258 g/mol. The van der Waals surface area contributed by atoms with E-state index in [1.165, 1.54) is 57.8 Å². The van der Waals surface area contributed by atoms with Crippen LogP contribution in [0.1, 0.15) is 71.1 Å². The van der Waals surface area contributed by atoms with Crippen molar-refractivity contribution >= 4 is 0 Å². The quantitative estimate of drug-likeness (QED) is 0.414. The Morgan fingerprint density at radius 2 is 1.08 bits per heavy atom. The zero-order valence-electron chi connectivity index (χ0n) is 9.36. The van der Waals surface area contributed by atoms with Gasteiger partial charge in [0.25, 0.3) is 0 Å². The van der Waals surface area contributed by atoms with Crippen molar-refractivity contribution in [2.24, 2.45) is 0 Å². The topological polar surface area (TPSA) is 0 Å². The summed E-state index contributed by atoms with van der Waals surface area (Å²) in [6.07, 6.45) is 13.9. The smallest absolute Gasteiger partial charge is 0 e. The van der Waals surface area contributed by atoms with Crippen LogP contribution in [0.3, 0.4) is 0 Å². The number of hydrogen-bond acceptors (Lipinski definition) is 0. The van der Waals surface area contributed by atoms with Gasteiger partial charge in [-0.25, -0.2) is 0 Å². The van der Waals surface area contributed by atoms with E-state index in [9.17, 15) is 0 Å². The Hall–Kier alpha value is 1.10. The fourth-order valence-electron chi connectivity index (χ4n) is 1.49. The van der Waals surface area contributed by atoms with Gasteiger partial charge in [0.15, 0.2) is 0 Å². The van der Waals surface area contributed by atoms with Crippen molar-refractivity contribution in [3.8, 4) is 0 Å². The maximum Gasteiger partial charge on any atom is 0 e. The van der Waals surface area contributed by atoms with E-state index in [-0.39, 0.29) is 32.7 Å². The van der Waals surface area contributed by atoms with Crippen LogP contribution < -0.4 is 0 Å². The number of rotatable bonds is 9. The monoisotopic (exact) mass is 258 g/mol. The van der Waals surface area contributed by atoms with E-state index in [1.54, 1.807) is 0 Å². The molecule has 13 heavy (non-hydrogen) atoms. The summed E-state index contributed by atoms with van der Waals surface area (Å²) in [6, 6.07) is 0. The molecule has 0 aromatic heterocycles. The summed E-state index contributed by atoms with van der Waals surface area (Å²) < 4.78 is 0. The van der Waals surface area contributed by atoms with Crippen molar-refractivity contribution < 1.29 is 32.7 Å². The van der Waals surface area contributed by atoms with Gasteiger partial charge in [-0.3, -0.25) is 0 Å².